The highest BCUT2D eigenvalue weighted by Gasteiger charge is 2.22. The number of unbranched alkanes of at least 4 members (excludes halogenated alkanes) is 2. The molecule has 0 aromatic heterocycles. The van der Waals surface area contributed by atoms with Crippen LogP contribution in [0.3, 0.4) is 0 Å². The van der Waals surface area contributed by atoms with Gasteiger partial charge in [-0.2, -0.15) is 5.26 Å². The van der Waals surface area contributed by atoms with Crippen molar-refractivity contribution in [1.82, 2.24) is 30.2 Å². The number of nitrogens with two attached hydrogens (primary N) is 1. The van der Waals surface area contributed by atoms with E-state index in [0.29, 0.717) is 211 Å². The van der Waals surface area contributed by atoms with Crippen LogP contribution in [0.4, 0.5) is 9.59 Å². The molecular formula is C104H124N8O12. The van der Waals surface area contributed by atoms with Crippen molar-refractivity contribution in [3.05, 3.63) is 333 Å². The molecule has 0 radical (unpaired) electrons. The highest BCUT2D eigenvalue weighted by Crippen LogP contribution is 2.33. The molecule has 10 aromatic carbocycles. The van der Waals surface area contributed by atoms with Crippen molar-refractivity contribution in [1.29, 1.82) is 5.26 Å². The average molecular weight is 1680 g/mol. The molecule has 20 heteroatoms. The third-order valence-electron chi connectivity index (χ3n) is 21.5. The highest BCUT2D eigenvalue weighted by molar-refractivity contribution is 5.78. The van der Waals surface area contributed by atoms with E-state index < -0.39 is 12.2 Å². The maximum atomic E-state index is 13.7. The summed E-state index contributed by atoms with van der Waals surface area (Å²) >= 11 is 0. The predicted molar refractivity (Wildman–Crippen MR) is 488 cm³/mol. The predicted octanol–water partition coefficient (Wildman–Crippen LogP) is 18.8. The van der Waals surface area contributed by atoms with E-state index in [4.69, 9.17) is 34.2 Å². The van der Waals surface area contributed by atoms with E-state index in [1.54, 1.807) is 14.7 Å². The van der Waals surface area contributed by atoms with Gasteiger partial charge in [0.05, 0.1) is 12.5 Å². The zero-order valence-corrected chi connectivity index (χ0v) is 72.8. The molecule has 0 bridgehead atoms. The van der Waals surface area contributed by atoms with Gasteiger partial charge in [-0.15, -0.1) is 0 Å². The summed E-state index contributed by atoms with van der Waals surface area (Å²) in [6.07, 6.45) is 7.72. The zero-order valence-electron chi connectivity index (χ0n) is 72.8. The molecule has 6 amide bonds. The minimum Gasteiger partial charge on any atom is -0.485 e. The lowest BCUT2D eigenvalue weighted by molar-refractivity contribution is -0.132. The first-order valence-corrected chi connectivity index (χ1v) is 43.7. The van der Waals surface area contributed by atoms with E-state index in [1.165, 1.54) is 22.3 Å². The second-order valence-corrected chi connectivity index (χ2v) is 31.2. The SMILES string of the molecule is Cc1ccc(CCC(=O)NCCCN(CCCCN(CCC#N)C(=O)CCc2ccc(OCc3ccccc3)c(OCc3ccccc3)c2)C(=O)OCc2ccccc2)cc1C.Cc1ccc(CCC(=O)NCCCN(CCCCN(CCCN)C(=O)CCc2ccc(OCc3ccccc3)c(OCc3ccccc3)c2)C(=O)OCc2ccccc2)cc1C. The van der Waals surface area contributed by atoms with Gasteiger partial charge in [-0.3, -0.25) is 19.2 Å². The van der Waals surface area contributed by atoms with E-state index in [1.807, 2.05) is 223 Å². The number of nitrogens with one attached hydrogen (secondary N) is 2. The van der Waals surface area contributed by atoms with Crippen LogP contribution in [0.5, 0.6) is 23.0 Å². The number of benzene rings is 10. The summed E-state index contributed by atoms with van der Waals surface area (Å²) < 4.78 is 36.3. The van der Waals surface area contributed by atoms with Gasteiger partial charge in [-0.25, -0.2) is 9.59 Å². The van der Waals surface area contributed by atoms with Crippen LogP contribution in [0.2, 0.25) is 0 Å². The number of ether oxygens (including phenoxy) is 6. The lowest BCUT2D eigenvalue weighted by atomic mass is 10.0. The molecule has 0 saturated heterocycles. The summed E-state index contributed by atoms with van der Waals surface area (Å²) in [5.41, 5.74) is 21.0. The summed E-state index contributed by atoms with van der Waals surface area (Å²) in [6.45, 7) is 15.3. The number of aryl methyl sites for hydroxylation is 8. The number of hydrogen-bond donors (Lipinski definition) is 3. The minimum atomic E-state index is -0.420. The molecule has 10 rings (SSSR count). The molecule has 0 fully saturated rings. The van der Waals surface area contributed by atoms with Crippen LogP contribution < -0.4 is 35.3 Å². The molecule has 0 unspecified atom stereocenters. The molecule has 0 heterocycles. The van der Waals surface area contributed by atoms with Gasteiger partial charge in [-0.05, 0) is 207 Å². The summed E-state index contributed by atoms with van der Waals surface area (Å²) in [4.78, 5) is 86.3. The fourth-order valence-corrected chi connectivity index (χ4v) is 13.9. The van der Waals surface area contributed by atoms with Crippen LogP contribution in [-0.4, -0.2) is 127 Å². The van der Waals surface area contributed by atoms with E-state index >= 15 is 0 Å². The first-order valence-electron chi connectivity index (χ1n) is 43.7. The van der Waals surface area contributed by atoms with Crippen molar-refractivity contribution in [3.63, 3.8) is 0 Å². The summed E-state index contributed by atoms with van der Waals surface area (Å²) in [6, 6.07) is 85.5. The molecular weight excluding hydrogens is 1550 g/mol. The molecule has 10 aromatic rings. The Hall–Kier alpha value is -12.7. The number of rotatable bonds is 51. The van der Waals surface area contributed by atoms with Crippen LogP contribution in [0, 0.1) is 39.0 Å². The normalized spacial score (nSPS) is 10.7. The van der Waals surface area contributed by atoms with Crippen LogP contribution in [-0.2, 0) is 94.0 Å². The van der Waals surface area contributed by atoms with Crippen LogP contribution in [0.25, 0.3) is 0 Å². The van der Waals surface area contributed by atoms with Crippen molar-refractivity contribution in [3.8, 4) is 29.1 Å². The third-order valence-corrected chi connectivity index (χ3v) is 21.5. The second-order valence-electron chi connectivity index (χ2n) is 31.2. The number of amides is 6. The Kier molecular flexibility index (Phi) is 41.9. The molecule has 124 heavy (non-hydrogen) atoms. The summed E-state index contributed by atoms with van der Waals surface area (Å²) in [7, 11) is 0. The Morgan fingerprint density at radius 3 is 0.935 bits per heavy atom. The number of carbonyl (C=O) groups is 6. The van der Waals surface area contributed by atoms with E-state index in [9.17, 15) is 34.0 Å². The molecule has 0 spiro atoms. The lowest BCUT2D eigenvalue weighted by Gasteiger charge is -2.25. The van der Waals surface area contributed by atoms with Gasteiger partial charge in [0.15, 0.2) is 23.0 Å². The van der Waals surface area contributed by atoms with Gasteiger partial charge in [-0.1, -0.05) is 231 Å². The smallest absolute Gasteiger partial charge is 0.410 e. The maximum Gasteiger partial charge on any atom is 0.410 e. The van der Waals surface area contributed by atoms with Crippen molar-refractivity contribution < 1.29 is 57.2 Å². The van der Waals surface area contributed by atoms with Gasteiger partial charge in [0.2, 0.25) is 23.6 Å². The monoisotopic (exact) mass is 1680 g/mol. The van der Waals surface area contributed by atoms with Crippen LogP contribution in [0.1, 0.15) is 155 Å². The average Bonchev–Trinajstić information content (AvgIpc) is 0.911. The third kappa shape index (κ3) is 35.8. The van der Waals surface area contributed by atoms with E-state index in [-0.39, 0.29) is 49.7 Å². The van der Waals surface area contributed by atoms with E-state index in [2.05, 4.69) is 80.8 Å². The standard InChI is InChI=1S/C52H64N4O6.C52H60N4O6/c2*1-41-22-23-43(36-42(41)2)25-28-50(57)54-31-15-35-56(52(59)62-40-47-20-10-5-11-21-47)33-13-12-32-55(34-14-30-53)51(58)29-26-44-24-27-48(60-38-45-16-6-3-7-17-45)49(37-44)61-39-46-18-8-4-9-19-46/h3-11,16-24,27,36-37H,12-15,25-26,28-35,38-40,53H2,1-2H3,(H,54,57);3-11,16-24,27,36-37H,12-15,25-26,28-29,31-35,38-40H2,1-2H3,(H,54,57). The Labute approximate surface area is 734 Å². The van der Waals surface area contributed by atoms with Gasteiger partial charge in [0, 0.05) is 91.1 Å². The molecule has 0 aliphatic rings. The lowest BCUT2D eigenvalue weighted by Crippen LogP contribution is -2.37. The minimum absolute atomic E-state index is 0.00892. The largest absolute Gasteiger partial charge is 0.485 e. The van der Waals surface area contributed by atoms with Crippen LogP contribution in [0.15, 0.2) is 255 Å². The van der Waals surface area contributed by atoms with Gasteiger partial charge in [0.1, 0.15) is 39.6 Å². The Morgan fingerprint density at radius 1 is 0.306 bits per heavy atom. The Morgan fingerprint density at radius 2 is 0.597 bits per heavy atom. The number of nitrogens with zero attached hydrogens (tertiary/aromatic N) is 5. The van der Waals surface area contributed by atoms with Gasteiger partial charge >= 0.3 is 12.2 Å². The summed E-state index contributed by atoms with van der Waals surface area (Å²) in [5, 5.41) is 15.4. The summed E-state index contributed by atoms with van der Waals surface area (Å²) in [5.74, 6) is 2.51. The highest BCUT2D eigenvalue weighted by atomic mass is 16.6. The molecule has 652 valence electrons. The molecule has 0 aliphatic carbocycles. The van der Waals surface area contributed by atoms with Gasteiger partial charge < -0.3 is 64.4 Å². The second kappa shape index (κ2) is 54.6. The van der Waals surface area contributed by atoms with Crippen LogP contribution >= 0.6 is 0 Å². The quantitative estimate of drug-likeness (QED) is 0.0300. The number of nitriles is 1. The van der Waals surface area contributed by atoms with Crippen molar-refractivity contribution in [2.45, 2.75) is 170 Å². The van der Waals surface area contributed by atoms with Crippen molar-refractivity contribution in [2.75, 3.05) is 72.0 Å². The number of carbonyl (C=O) groups excluding carboxylic acids is 6. The molecule has 20 nitrogen and oxygen atoms in total. The Balaban J connectivity index is 0.000000281. The molecule has 0 aliphatic heterocycles. The topological polar surface area (TPSA) is 245 Å². The van der Waals surface area contributed by atoms with Crippen molar-refractivity contribution in [2.24, 2.45) is 5.73 Å². The fraction of sp³-hybridized carbons (Fsp3) is 0.356. The van der Waals surface area contributed by atoms with Crippen molar-refractivity contribution >= 4 is 35.8 Å². The Bertz CT molecular complexity index is 4880. The number of hydrogen-bond acceptors (Lipinski definition) is 14. The first-order chi connectivity index (χ1) is 60.5. The first kappa shape index (κ1) is 95.1. The zero-order chi connectivity index (χ0) is 87.6. The fourth-order valence-electron chi connectivity index (χ4n) is 13.9. The van der Waals surface area contributed by atoms with Gasteiger partial charge in [0.25, 0.3) is 0 Å². The molecule has 0 saturated carbocycles. The maximum absolute atomic E-state index is 13.7. The van der Waals surface area contributed by atoms with E-state index in [0.717, 1.165) is 55.6 Å². The molecule has 4 N–H and O–H groups in total. The molecule has 0 atom stereocenters.